The van der Waals surface area contributed by atoms with Gasteiger partial charge in [-0.15, -0.1) is 0 Å². The molecule has 2 rings (SSSR count). The molecule has 0 spiro atoms. The molecule has 17 heavy (non-hydrogen) atoms. The molecular weight excluding hydrogens is 212 g/mol. The second-order valence-electron chi connectivity index (χ2n) is 5.26. The SMILES string of the molecule is CC(=O)c1ccc([C@]2(C)CCCC(=O)C2)cc1. The first kappa shape index (κ1) is 12.0. The van der Waals surface area contributed by atoms with Crippen molar-refractivity contribution in [3.05, 3.63) is 35.4 Å². The van der Waals surface area contributed by atoms with E-state index in [4.69, 9.17) is 0 Å². The fourth-order valence-corrected chi connectivity index (χ4v) is 2.64. The van der Waals surface area contributed by atoms with E-state index in [1.165, 1.54) is 5.56 Å². The van der Waals surface area contributed by atoms with Crippen LogP contribution in [0.4, 0.5) is 0 Å². The Hall–Kier alpha value is -1.44. The number of hydrogen-bond acceptors (Lipinski definition) is 2. The average molecular weight is 230 g/mol. The van der Waals surface area contributed by atoms with Crippen LogP contribution in [0.5, 0.6) is 0 Å². The molecule has 0 aromatic heterocycles. The highest BCUT2D eigenvalue weighted by Gasteiger charge is 2.32. The lowest BCUT2D eigenvalue weighted by Gasteiger charge is -2.33. The van der Waals surface area contributed by atoms with Crippen LogP contribution in [0.15, 0.2) is 24.3 Å². The lowest BCUT2D eigenvalue weighted by molar-refractivity contribution is -0.121. The quantitative estimate of drug-likeness (QED) is 0.730. The van der Waals surface area contributed by atoms with Gasteiger partial charge in [0.05, 0.1) is 0 Å². The Bertz CT molecular complexity index is 444. The van der Waals surface area contributed by atoms with Gasteiger partial charge >= 0.3 is 0 Å². The van der Waals surface area contributed by atoms with E-state index < -0.39 is 0 Å². The zero-order valence-corrected chi connectivity index (χ0v) is 10.5. The van der Waals surface area contributed by atoms with Gasteiger partial charge in [0.15, 0.2) is 5.78 Å². The molecule has 1 aromatic carbocycles. The molecule has 2 heteroatoms. The lowest BCUT2D eigenvalue weighted by atomic mass is 9.70. The number of ketones is 2. The van der Waals surface area contributed by atoms with Gasteiger partial charge in [0.1, 0.15) is 5.78 Å². The maximum Gasteiger partial charge on any atom is 0.159 e. The largest absolute Gasteiger partial charge is 0.300 e. The summed E-state index contributed by atoms with van der Waals surface area (Å²) in [6.45, 7) is 3.72. The minimum Gasteiger partial charge on any atom is -0.300 e. The summed E-state index contributed by atoms with van der Waals surface area (Å²) in [4.78, 5) is 22.8. The van der Waals surface area contributed by atoms with Crippen molar-refractivity contribution in [3.8, 4) is 0 Å². The molecule has 2 nitrogen and oxygen atoms in total. The molecule has 1 fully saturated rings. The molecule has 0 bridgehead atoms. The van der Waals surface area contributed by atoms with Crippen LogP contribution in [0.3, 0.4) is 0 Å². The molecule has 1 atom stereocenters. The van der Waals surface area contributed by atoms with Gasteiger partial charge in [0.25, 0.3) is 0 Å². The minimum absolute atomic E-state index is 0.0371. The fraction of sp³-hybridized carbons (Fsp3) is 0.467. The fourth-order valence-electron chi connectivity index (χ4n) is 2.64. The maximum atomic E-state index is 11.6. The molecule has 1 saturated carbocycles. The average Bonchev–Trinajstić information content (AvgIpc) is 2.29. The van der Waals surface area contributed by atoms with Gasteiger partial charge in [-0.3, -0.25) is 9.59 Å². The van der Waals surface area contributed by atoms with E-state index in [-0.39, 0.29) is 11.2 Å². The predicted octanol–water partition coefficient (Wildman–Crippen LogP) is 3.29. The summed E-state index contributed by atoms with van der Waals surface area (Å²) >= 11 is 0. The van der Waals surface area contributed by atoms with E-state index in [0.717, 1.165) is 24.8 Å². The zero-order chi connectivity index (χ0) is 12.5. The first-order valence-corrected chi connectivity index (χ1v) is 6.14. The smallest absolute Gasteiger partial charge is 0.159 e. The van der Waals surface area contributed by atoms with Crippen molar-refractivity contribution < 1.29 is 9.59 Å². The van der Waals surface area contributed by atoms with Crippen molar-refractivity contribution in [3.63, 3.8) is 0 Å². The number of rotatable bonds is 2. The second kappa shape index (κ2) is 4.44. The van der Waals surface area contributed by atoms with Crippen LogP contribution < -0.4 is 0 Å². The predicted molar refractivity (Wildman–Crippen MR) is 67.3 cm³/mol. The highest BCUT2D eigenvalue weighted by Crippen LogP contribution is 2.37. The first-order valence-electron chi connectivity index (χ1n) is 6.14. The Morgan fingerprint density at radius 1 is 1.24 bits per heavy atom. The van der Waals surface area contributed by atoms with Gasteiger partial charge in [0.2, 0.25) is 0 Å². The molecule has 0 saturated heterocycles. The lowest BCUT2D eigenvalue weighted by Crippen LogP contribution is -2.29. The molecule has 0 radical (unpaired) electrons. The van der Waals surface area contributed by atoms with Crippen molar-refractivity contribution in [1.82, 2.24) is 0 Å². The van der Waals surface area contributed by atoms with Gasteiger partial charge in [-0.05, 0) is 30.7 Å². The van der Waals surface area contributed by atoms with E-state index >= 15 is 0 Å². The van der Waals surface area contributed by atoms with Crippen molar-refractivity contribution in [2.75, 3.05) is 0 Å². The molecule has 0 aliphatic heterocycles. The van der Waals surface area contributed by atoms with Crippen molar-refractivity contribution in [1.29, 1.82) is 0 Å². The van der Waals surface area contributed by atoms with Crippen LogP contribution in [0.1, 0.15) is 55.5 Å². The maximum absolute atomic E-state index is 11.6. The molecule has 0 amide bonds. The molecule has 1 aromatic rings. The van der Waals surface area contributed by atoms with Gasteiger partial charge in [-0.2, -0.15) is 0 Å². The van der Waals surface area contributed by atoms with Gasteiger partial charge in [-0.1, -0.05) is 31.2 Å². The third-order valence-electron chi connectivity index (χ3n) is 3.76. The van der Waals surface area contributed by atoms with Crippen molar-refractivity contribution in [2.45, 2.75) is 44.9 Å². The third kappa shape index (κ3) is 2.46. The molecular formula is C15H18O2. The van der Waals surface area contributed by atoms with Gasteiger partial charge < -0.3 is 0 Å². The number of carbonyl (C=O) groups is 2. The van der Waals surface area contributed by atoms with Crippen molar-refractivity contribution >= 4 is 11.6 Å². The Morgan fingerprint density at radius 2 is 1.88 bits per heavy atom. The summed E-state index contributed by atoms with van der Waals surface area (Å²) in [7, 11) is 0. The molecule has 1 aliphatic carbocycles. The van der Waals surface area contributed by atoms with Crippen LogP contribution in [0, 0.1) is 0 Å². The number of carbonyl (C=O) groups excluding carboxylic acids is 2. The van der Waals surface area contributed by atoms with E-state index in [1.54, 1.807) is 6.92 Å². The summed E-state index contributed by atoms with van der Waals surface area (Å²) in [5.74, 6) is 0.441. The standard InChI is InChI=1S/C15H18O2/c1-11(16)12-5-7-13(8-6-12)15(2)9-3-4-14(17)10-15/h5-8H,3-4,9-10H2,1-2H3/t15-/m1/s1. The van der Waals surface area contributed by atoms with Crippen LogP contribution in [0.2, 0.25) is 0 Å². The monoisotopic (exact) mass is 230 g/mol. The van der Waals surface area contributed by atoms with Crippen molar-refractivity contribution in [2.24, 2.45) is 0 Å². The summed E-state index contributed by atoms with van der Waals surface area (Å²) in [5, 5.41) is 0. The molecule has 0 unspecified atom stereocenters. The van der Waals surface area contributed by atoms with Crippen LogP contribution >= 0.6 is 0 Å². The van der Waals surface area contributed by atoms with E-state index in [1.807, 2.05) is 24.3 Å². The Kier molecular flexibility index (Phi) is 3.14. The third-order valence-corrected chi connectivity index (χ3v) is 3.76. The summed E-state index contributed by atoms with van der Waals surface area (Å²) in [6.07, 6.45) is 3.38. The number of Topliss-reactive ketones (excluding diaryl/α,β-unsaturated/α-hetero) is 2. The Morgan fingerprint density at radius 3 is 2.41 bits per heavy atom. The Balaban J connectivity index is 2.26. The topological polar surface area (TPSA) is 34.1 Å². The van der Waals surface area contributed by atoms with Gasteiger partial charge in [0, 0.05) is 18.4 Å². The van der Waals surface area contributed by atoms with Gasteiger partial charge in [-0.25, -0.2) is 0 Å². The number of hydrogen-bond donors (Lipinski definition) is 0. The summed E-state index contributed by atoms with van der Waals surface area (Å²) < 4.78 is 0. The van der Waals surface area contributed by atoms with E-state index in [2.05, 4.69) is 6.92 Å². The van der Waals surface area contributed by atoms with Crippen LogP contribution in [0.25, 0.3) is 0 Å². The summed E-state index contributed by atoms with van der Waals surface area (Å²) in [5.41, 5.74) is 1.88. The highest BCUT2D eigenvalue weighted by atomic mass is 16.1. The Labute approximate surface area is 102 Å². The van der Waals surface area contributed by atoms with E-state index in [9.17, 15) is 9.59 Å². The molecule has 90 valence electrons. The zero-order valence-electron chi connectivity index (χ0n) is 10.5. The summed E-state index contributed by atoms with van der Waals surface area (Å²) in [6, 6.07) is 7.72. The van der Waals surface area contributed by atoms with E-state index in [0.29, 0.717) is 12.2 Å². The molecule has 1 aliphatic rings. The van der Waals surface area contributed by atoms with Crippen LogP contribution in [-0.2, 0) is 10.2 Å². The van der Waals surface area contributed by atoms with Crippen LogP contribution in [-0.4, -0.2) is 11.6 Å². The first-order chi connectivity index (χ1) is 8.01. The molecule has 0 N–H and O–H groups in total. The minimum atomic E-state index is -0.0371. The normalized spacial score (nSPS) is 24.7. The number of benzene rings is 1. The second-order valence-corrected chi connectivity index (χ2v) is 5.26. The highest BCUT2D eigenvalue weighted by molar-refractivity contribution is 5.94. The molecule has 0 heterocycles.